The topological polar surface area (TPSA) is 74.6 Å². The molecule has 124 valence electrons. The number of urea groups is 1. The molecular formula is C18H19N3O3. The van der Waals surface area contributed by atoms with Crippen LogP contribution in [0.3, 0.4) is 0 Å². The zero-order valence-corrected chi connectivity index (χ0v) is 13.2. The molecule has 1 aliphatic heterocycles. The van der Waals surface area contributed by atoms with Gasteiger partial charge in [-0.1, -0.05) is 6.07 Å². The van der Waals surface area contributed by atoms with Crippen molar-refractivity contribution >= 4 is 23.3 Å². The van der Waals surface area contributed by atoms with Crippen LogP contribution >= 0.6 is 0 Å². The highest BCUT2D eigenvalue weighted by Gasteiger charge is 2.45. The fourth-order valence-electron chi connectivity index (χ4n) is 3.16. The molecule has 4 rings (SSSR count). The van der Waals surface area contributed by atoms with Crippen LogP contribution in [0.2, 0.25) is 0 Å². The summed E-state index contributed by atoms with van der Waals surface area (Å²) in [5, 5.41) is 5.78. The lowest BCUT2D eigenvalue weighted by Gasteiger charge is -2.27. The molecule has 1 saturated heterocycles. The standard InChI is InChI=1S/C18H19N3O3/c22-17(15-11-14(15)16-6-2-9-24-16)20-12-4-1-5-13(10-12)21-8-3-7-19-18(21)23/h1-2,4-6,9-10,14-15H,3,7-8,11H2,(H,19,23)(H,20,22)/t14-,15-/m0/s1. The van der Waals surface area contributed by atoms with Gasteiger partial charge in [0, 0.05) is 36.3 Å². The molecule has 6 nitrogen and oxygen atoms in total. The lowest BCUT2D eigenvalue weighted by molar-refractivity contribution is -0.117. The lowest BCUT2D eigenvalue weighted by atomic mass is 10.2. The van der Waals surface area contributed by atoms with E-state index in [1.807, 2.05) is 36.4 Å². The van der Waals surface area contributed by atoms with Gasteiger partial charge in [-0.05, 0) is 43.2 Å². The second-order valence-electron chi connectivity index (χ2n) is 6.24. The number of hydrogen-bond acceptors (Lipinski definition) is 3. The fraction of sp³-hybridized carbons (Fsp3) is 0.333. The van der Waals surface area contributed by atoms with Gasteiger partial charge in [-0.2, -0.15) is 0 Å². The molecule has 1 aromatic carbocycles. The minimum absolute atomic E-state index is 0.00311. The van der Waals surface area contributed by atoms with E-state index in [0.29, 0.717) is 18.8 Å². The second kappa shape index (κ2) is 6.03. The van der Waals surface area contributed by atoms with Crippen molar-refractivity contribution in [1.29, 1.82) is 0 Å². The summed E-state index contributed by atoms with van der Waals surface area (Å²) in [6.07, 6.45) is 3.36. The van der Waals surface area contributed by atoms with Crippen LogP contribution in [-0.2, 0) is 4.79 Å². The summed E-state index contributed by atoms with van der Waals surface area (Å²) >= 11 is 0. The Balaban J connectivity index is 1.43. The average molecular weight is 325 g/mol. The first-order valence-corrected chi connectivity index (χ1v) is 8.22. The number of nitrogens with zero attached hydrogens (tertiary/aromatic N) is 1. The van der Waals surface area contributed by atoms with E-state index in [1.165, 1.54) is 0 Å². The van der Waals surface area contributed by atoms with E-state index in [0.717, 1.165) is 24.3 Å². The summed E-state index contributed by atoms with van der Waals surface area (Å²) in [7, 11) is 0. The summed E-state index contributed by atoms with van der Waals surface area (Å²) < 4.78 is 5.37. The molecule has 1 aromatic heterocycles. The molecular weight excluding hydrogens is 306 g/mol. The molecule has 3 amide bonds. The predicted octanol–water partition coefficient (Wildman–Crippen LogP) is 2.94. The Morgan fingerprint density at radius 2 is 2.21 bits per heavy atom. The quantitative estimate of drug-likeness (QED) is 0.907. The van der Waals surface area contributed by atoms with Gasteiger partial charge in [0.2, 0.25) is 5.91 Å². The third kappa shape index (κ3) is 2.87. The smallest absolute Gasteiger partial charge is 0.321 e. The van der Waals surface area contributed by atoms with Gasteiger partial charge < -0.3 is 15.1 Å². The Hall–Kier alpha value is -2.76. The monoisotopic (exact) mass is 325 g/mol. The van der Waals surface area contributed by atoms with Gasteiger partial charge in [0.25, 0.3) is 0 Å². The van der Waals surface area contributed by atoms with Crippen molar-refractivity contribution in [2.75, 3.05) is 23.3 Å². The van der Waals surface area contributed by atoms with E-state index < -0.39 is 0 Å². The Morgan fingerprint density at radius 3 is 3.00 bits per heavy atom. The largest absolute Gasteiger partial charge is 0.469 e. The minimum atomic E-state index is -0.0928. The van der Waals surface area contributed by atoms with Crippen LogP contribution in [0.15, 0.2) is 47.1 Å². The van der Waals surface area contributed by atoms with Crippen LogP contribution in [0.5, 0.6) is 0 Å². The number of amides is 3. The molecule has 6 heteroatoms. The van der Waals surface area contributed by atoms with Crippen LogP contribution < -0.4 is 15.5 Å². The first kappa shape index (κ1) is 14.8. The molecule has 2 aromatic rings. The summed E-state index contributed by atoms with van der Waals surface area (Å²) in [6.45, 7) is 1.40. The highest BCUT2D eigenvalue weighted by Crippen LogP contribution is 2.48. The maximum absolute atomic E-state index is 12.4. The Bertz CT molecular complexity index is 757. The van der Waals surface area contributed by atoms with Crippen molar-refractivity contribution in [3.05, 3.63) is 48.4 Å². The van der Waals surface area contributed by atoms with Crippen molar-refractivity contribution in [2.24, 2.45) is 5.92 Å². The van der Waals surface area contributed by atoms with Crippen molar-refractivity contribution in [3.8, 4) is 0 Å². The van der Waals surface area contributed by atoms with Crippen LogP contribution in [0.4, 0.5) is 16.2 Å². The molecule has 1 aliphatic carbocycles. The molecule has 2 heterocycles. The number of rotatable bonds is 4. The molecule has 0 bridgehead atoms. The number of nitrogens with one attached hydrogen (secondary N) is 2. The van der Waals surface area contributed by atoms with Crippen molar-refractivity contribution in [1.82, 2.24) is 5.32 Å². The van der Waals surface area contributed by atoms with Crippen LogP contribution in [0, 0.1) is 5.92 Å². The van der Waals surface area contributed by atoms with E-state index >= 15 is 0 Å². The number of hydrogen-bond donors (Lipinski definition) is 2. The first-order valence-electron chi connectivity index (χ1n) is 8.22. The molecule has 0 spiro atoms. The summed E-state index contributed by atoms with van der Waals surface area (Å²) in [5.41, 5.74) is 1.50. The van der Waals surface area contributed by atoms with E-state index in [2.05, 4.69) is 10.6 Å². The van der Waals surface area contributed by atoms with E-state index in [-0.39, 0.29) is 23.8 Å². The zero-order chi connectivity index (χ0) is 16.5. The number of carbonyl (C=O) groups is 2. The SMILES string of the molecule is O=C(Nc1cccc(N2CCCNC2=O)c1)[C@H]1C[C@@H]1c1ccco1. The third-order valence-electron chi connectivity index (χ3n) is 4.54. The van der Waals surface area contributed by atoms with Crippen LogP contribution in [0.1, 0.15) is 24.5 Å². The van der Waals surface area contributed by atoms with E-state index in [9.17, 15) is 9.59 Å². The maximum atomic E-state index is 12.4. The molecule has 2 aliphatic rings. The number of furan rings is 1. The summed E-state index contributed by atoms with van der Waals surface area (Å²) in [5.74, 6) is 1.000. The highest BCUT2D eigenvalue weighted by atomic mass is 16.3. The van der Waals surface area contributed by atoms with Gasteiger partial charge in [0.15, 0.2) is 0 Å². The van der Waals surface area contributed by atoms with E-state index in [4.69, 9.17) is 4.42 Å². The van der Waals surface area contributed by atoms with Crippen LogP contribution in [0.25, 0.3) is 0 Å². The number of benzene rings is 1. The fourth-order valence-corrected chi connectivity index (χ4v) is 3.16. The lowest BCUT2D eigenvalue weighted by Crippen LogP contribution is -2.46. The molecule has 24 heavy (non-hydrogen) atoms. The normalized spacial score (nSPS) is 22.8. The Labute approximate surface area is 139 Å². The molecule has 0 radical (unpaired) electrons. The molecule has 2 fully saturated rings. The van der Waals surface area contributed by atoms with Gasteiger partial charge in [0.05, 0.1) is 6.26 Å². The van der Waals surface area contributed by atoms with Gasteiger partial charge in [0.1, 0.15) is 5.76 Å². The second-order valence-corrected chi connectivity index (χ2v) is 6.24. The van der Waals surface area contributed by atoms with Crippen molar-refractivity contribution in [3.63, 3.8) is 0 Å². The molecule has 2 N–H and O–H groups in total. The van der Waals surface area contributed by atoms with Gasteiger partial charge in [-0.25, -0.2) is 4.79 Å². The van der Waals surface area contributed by atoms with Gasteiger partial charge >= 0.3 is 6.03 Å². The summed E-state index contributed by atoms with van der Waals surface area (Å²) in [6, 6.07) is 11.1. The van der Waals surface area contributed by atoms with E-state index in [1.54, 1.807) is 11.2 Å². The number of carbonyl (C=O) groups excluding carboxylic acids is 2. The molecule has 2 atom stereocenters. The highest BCUT2D eigenvalue weighted by molar-refractivity contribution is 5.97. The maximum Gasteiger partial charge on any atom is 0.321 e. The third-order valence-corrected chi connectivity index (χ3v) is 4.54. The van der Waals surface area contributed by atoms with Gasteiger partial charge in [-0.15, -0.1) is 0 Å². The average Bonchev–Trinajstić information content (AvgIpc) is 3.21. The zero-order valence-electron chi connectivity index (χ0n) is 13.2. The van der Waals surface area contributed by atoms with Gasteiger partial charge in [-0.3, -0.25) is 9.69 Å². The van der Waals surface area contributed by atoms with Crippen molar-refractivity contribution < 1.29 is 14.0 Å². The molecule has 0 unspecified atom stereocenters. The molecule has 1 saturated carbocycles. The number of anilines is 2. The minimum Gasteiger partial charge on any atom is -0.469 e. The van der Waals surface area contributed by atoms with Crippen LogP contribution in [-0.4, -0.2) is 25.0 Å². The Kier molecular flexibility index (Phi) is 3.72. The van der Waals surface area contributed by atoms with Crippen molar-refractivity contribution in [2.45, 2.75) is 18.8 Å². The Morgan fingerprint density at radius 1 is 1.29 bits per heavy atom. The summed E-state index contributed by atoms with van der Waals surface area (Å²) in [4.78, 5) is 26.0. The predicted molar refractivity (Wildman–Crippen MR) is 90.0 cm³/mol. The first-order chi connectivity index (χ1) is 11.7.